The minimum atomic E-state index is -0.816. The summed E-state index contributed by atoms with van der Waals surface area (Å²) in [7, 11) is 1.60. The Bertz CT molecular complexity index is 651. The number of carbonyl (C=O) groups excluding carboxylic acids is 2. The van der Waals surface area contributed by atoms with E-state index in [1.165, 1.54) is 0 Å². The Hall–Kier alpha value is -2.43. The van der Waals surface area contributed by atoms with Crippen LogP contribution in [0.15, 0.2) is 30.3 Å². The van der Waals surface area contributed by atoms with E-state index >= 15 is 0 Å². The molecule has 0 radical (unpaired) electrons. The lowest BCUT2D eigenvalue weighted by Crippen LogP contribution is -2.19. The maximum Gasteiger partial charge on any atom is 0.375 e. The van der Waals surface area contributed by atoms with Crippen LogP contribution < -0.4 is 4.74 Å². The lowest BCUT2D eigenvalue weighted by Gasteiger charge is -2.04. The SMILES string of the molecule is CCOC(=O)C(=O)Cc1ccc2cc(OC)ccc2n1. The summed E-state index contributed by atoms with van der Waals surface area (Å²) in [5.74, 6) is -0.661. The molecule has 0 aliphatic rings. The normalized spacial score (nSPS) is 10.3. The predicted octanol–water partition coefficient (Wildman–Crippen LogP) is 1.92. The maximum absolute atomic E-state index is 11.6. The van der Waals surface area contributed by atoms with Crippen LogP contribution in [0.3, 0.4) is 0 Å². The minimum Gasteiger partial charge on any atom is -0.497 e. The molecule has 0 aliphatic heterocycles. The van der Waals surface area contributed by atoms with E-state index in [0.717, 1.165) is 16.7 Å². The third-order valence-corrected chi connectivity index (χ3v) is 2.80. The first-order valence-corrected chi connectivity index (χ1v) is 6.27. The summed E-state index contributed by atoms with van der Waals surface area (Å²) in [6.45, 7) is 1.85. The second kappa shape index (κ2) is 6.14. The molecular formula is C15H15NO4. The van der Waals surface area contributed by atoms with Gasteiger partial charge >= 0.3 is 5.97 Å². The first kappa shape index (κ1) is 14.0. The number of pyridine rings is 1. The molecule has 2 aromatic rings. The molecule has 1 heterocycles. The Morgan fingerprint density at radius 1 is 1.20 bits per heavy atom. The molecule has 20 heavy (non-hydrogen) atoms. The summed E-state index contributed by atoms with van der Waals surface area (Å²) in [5.41, 5.74) is 1.29. The highest BCUT2D eigenvalue weighted by Gasteiger charge is 2.16. The molecule has 0 amide bonds. The van der Waals surface area contributed by atoms with Crippen molar-refractivity contribution in [2.24, 2.45) is 0 Å². The highest BCUT2D eigenvalue weighted by Crippen LogP contribution is 2.19. The van der Waals surface area contributed by atoms with Crippen molar-refractivity contribution in [1.29, 1.82) is 0 Å². The molecule has 0 fully saturated rings. The van der Waals surface area contributed by atoms with Gasteiger partial charge in [0.15, 0.2) is 0 Å². The zero-order valence-electron chi connectivity index (χ0n) is 11.4. The Morgan fingerprint density at radius 3 is 2.70 bits per heavy atom. The predicted molar refractivity (Wildman–Crippen MR) is 73.6 cm³/mol. The van der Waals surface area contributed by atoms with Crippen LogP contribution >= 0.6 is 0 Å². The second-order valence-electron chi connectivity index (χ2n) is 4.18. The third-order valence-electron chi connectivity index (χ3n) is 2.80. The van der Waals surface area contributed by atoms with E-state index in [9.17, 15) is 9.59 Å². The van der Waals surface area contributed by atoms with Crippen LogP contribution in [-0.4, -0.2) is 30.5 Å². The number of fused-ring (bicyclic) bond motifs is 1. The van der Waals surface area contributed by atoms with Gasteiger partial charge < -0.3 is 9.47 Å². The van der Waals surface area contributed by atoms with Crippen molar-refractivity contribution in [3.8, 4) is 5.75 Å². The van der Waals surface area contributed by atoms with Crippen molar-refractivity contribution in [2.45, 2.75) is 13.3 Å². The number of carbonyl (C=O) groups is 2. The molecule has 0 saturated carbocycles. The number of hydrogen-bond acceptors (Lipinski definition) is 5. The second-order valence-corrected chi connectivity index (χ2v) is 4.18. The topological polar surface area (TPSA) is 65.5 Å². The van der Waals surface area contributed by atoms with Crippen LogP contribution in [0.5, 0.6) is 5.75 Å². The fourth-order valence-corrected chi connectivity index (χ4v) is 1.82. The lowest BCUT2D eigenvalue weighted by molar-refractivity contribution is -0.153. The zero-order chi connectivity index (χ0) is 14.5. The van der Waals surface area contributed by atoms with E-state index in [-0.39, 0.29) is 13.0 Å². The number of ether oxygens (including phenoxy) is 2. The molecule has 0 unspecified atom stereocenters. The highest BCUT2D eigenvalue weighted by molar-refractivity contribution is 6.34. The van der Waals surface area contributed by atoms with Gasteiger partial charge in [-0.2, -0.15) is 0 Å². The largest absolute Gasteiger partial charge is 0.497 e. The summed E-state index contributed by atoms with van der Waals surface area (Å²) in [4.78, 5) is 27.2. The molecule has 0 bridgehead atoms. The van der Waals surface area contributed by atoms with Gasteiger partial charge in [-0.25, -0.2) is 4.79 Å². The number of nitrogens with zero attached hydrogens (tertiary/aromatic N) is 1. The van der Waals surface area contributed by atoms with Gasteiger partial charge in [-0.1, -0.05) is 6.07 Å². The van der Waals surface area contributed by atoms with E-state index in [4.69, 9.17) is 4.74 Å². The average Bonchev–Trinajstić information content (AvgIpc) is 2.46. The molecule has 0 atom stereocenters. The first-order chi connectivity index (χ1) is 9.63. The molecule has 5 heteroatoms. The fraction of sp³-hybridized carbons (Fsp3) is 0.267. The summed E-state index contributed by atoms with van der Waals surface area (Å²) in [6, 6.07) is 9.04. The van der Waals surface area contributed by atoms with Crippen LogP contribution in [-0.2, 0) is 20.7 Å². The van der Waals surface area contributed by atoms with Crippen molar-refractivity contribution >= 4 is 22.7 Å². The summed E-state index contributed by atoms with van der Waals surface area (Å²) < 4.78 is 9.79. The molecule has 0 spiro atoms. The number of ketones is 1. The monoisotopic (exact) mass is 273 g/mol. The van der Waals surface area contributed by atoms with Gasteiger partial charge in [-0.05, 0) is 31.2 Å². The first-order valence-electron chi connectivity index (χ1n) is 6.27. The lowest BCUT2D eigenvalue weighted by atomic mass is 10.1. The average molecular weight is 273 g/mol. The molecule has 1 aromatic carbocycles. The molecule has 0 saturated heterocycles. The Morgan fingerprint density at radius 2 is 2.00 bits per heavy atom. The standard InChI is InChI=1S/C15H15NO4/c1-3-20-15(18)14(17)9-11-5-4-10-8-12(19-2)6-7-13(10)16-11/h4-8H,3,9H2,1-2H3. The smallest absolute Gasteiger partial charge is 0.375 e. The van der Waals surface area contributed by atoms with Crippen LogP contribution in [0, 0.1) is 0 Å². The molecular weight excluding hydrogens is 258 g/mol. The molecule has 0 aliphatic carbocycles. The van der Waals surface area contributed by atoms with Crippen LogP contribution in [0.1, 0.15) is 12.6 Å². The van der Waals surface area contributed by atoms with Gasteiger partial charge in [-0.3, -0.25) is 9.78 Å². The summed E-state index contributed by atoms with van der Waals surface area (Å²) in [5, 5.41) is 0.914. The maximum atomic E-state index is 11.6. The van der Waals surface area contributed by atoms with Gasteiger partial charge in [0.2, 0.25) is 5.78 Å². The van der Waals surface area contributed by atoms with Gasteiger partial charge in [0, 0.05) is 11.1 Å². The Kier molecular flexibility index (Phi) is 4.30. The van der Waals surface area contributed by atoms with Gasteiger partial charge in [-0.15, -0.1) is 0 Å². The van der Waals surface area contributed by atoms with Crippen LogP contribution in [0.25, 0.3) is 10.9 Å². The fourth-order valence-electron chi connectivity index (χ4n) is 1.82. The van der Waals surface area contributed by atoms with Gasteiger partial charge in [0.05, 0.1) is 25.7 Å². The molecule has 2 rings (SSSR count). The van der Waals surface area contributed by atoms with Gasteiger partial charge in [0.1, 0.15) is 5.75 Å². The number of methoxy groups -OCH3 is 1. The van der Waals surface area contributed by atoms with E-state index in [0.29, 0.717) is 5.69 Å². The molecule has 104 valence electrons. The molecule has 5 nitrogen and oxygen atoms in total. The van der Waals surface area contributed by atoms with Crippen molar-refractivity contribution in [3.05, 3.63) is 36.0 Å². The van der Waals surface area contributed by atoms with Crippen molar-refractivity contribution in [1.82, 2.24) is 4.98 Å². The van der Waals surface area contributed by atoms with Crippen molar-refractivity contribution in [3.63, 3.8) is 0 Å². The zero-order valence-corrected chi connectivity index (χ0v) is 11.4. The Labute approximate surface area is 116 Å². The number of benzene rings is 1. The van der Waals surface area contributed by atoms with Crippen molar-refractivity contribution in [2.75, 3.05) is 13.7 Å². The number of esters is 1. The van der Waals surface area contributed by atoms with E-state index in [2.05, 4.69) is 9.72 Å². The van der Waals surface area contributed by atoms with Crippen LogP contribution in [0.2, 0.25) is 0 Å². The quantitative estimate of drug-likeness (QED) is 0.615. The molecule has 0 N–H and O–H groups in total. The molecule has 1 aromatic heterocycles. The highest BCUT2D eigenvalue weighted by atomic mass is 16.5. The van der Waals surface area contributed by atoms with Crippen LogP contribution in [0.4, 0.5) is 0 Å². The van der Waals surface area contributed by atoms with E-state index in [1.807, 2.05) is 18.2 Å². The number of hydrogen-bond donors (Lipinski definition) is 0. The Balaban J connectivity index is 2.20. The summed E-state index contributed by atoms with van der Waals surface area (Å²) >= 11 is 0. The minimum absolute atomic E-state index is 0.0548. The number of rotatable bonds is 5. The number of Topliss-reactive ketones (excluding diaryl/α,β-unsaturated/α-hetero) is 1. The van der Waals surface area contributed by atoms with Gasteiger partial charge in [0.25, 0.3) is 0 Å². The van der Waals surface area contributed by atoms with Crippen molar-refractivity contribution < 1.29 is 19.1 Å². The summed E-state index contributed by atoms with van der Waals surface area (Å²) in [6.07, 6.45) is -0.0548. The van der Waals surface area contributed by atoms with E-state index in [1.54, 1.807) is 26.2 Å². The number of aromatic nitrogens is 1. The van der Waals surface area contributed by atoms with E-state index < -0.39 is 11.8 Å². The third kappa shape index (κ3) is 3.12.